The Morgan fingerprint density at radius 3 is 2.24 bits per heavy atom. The largest absolute Gasteiger partial charge is 0.497 e. The van der Waals surface area contributed by atoms with Gasteiger partial charge in [0.15, 0.2) is 0 Å². The number of hydrazine groups is 1. The highest BCUT2D eigenvalue weighted by Crippen LogP contribution is 2.64. The Labute approximate surface area is 329 Å². The average Bonchev–Trinajstić information content (AvgIpc) is 3.56. The lowest BCUT2D eigenvalue weighted by molar-refractivity contribution is -0.138. The van der Waals surface area contributed by atoms with Crippen LogP contribution in [0.3, 0.4) is 0 Å². The number of allylic oxidation sites excluding steroid dienone is 2. The number of aliphatic hydroxyl groups is 1. The van der Waals surface area contributed by atoms with Crippen LogP contribution < -0.4 is 19.8 Å². The van der Waals surface area contributed by atoms with Crippen molar-refractivity contribution < 1.29 is 33.8 Å². The number of nitrogens with zero attached hydrogens (tertiary/aromatic N) is 2. The molecule has 10 nitrogen and oxygen atoms in total. The summed E-state index contributed by atoms with van der Waals surface area (Å²) in [6.45, 7) is -0.0618. The molecule has 6 atom stereocenters. The fourth-order valence-electron chi connectivity index (χ4n) is 8.98. The molecule has 4 aliphatic rings. The van der Waals surface area contributed by atoms with Crippen molar-refractivity contribution in [2.45, 2.75) is 24.2 Å². The van der Waals surface area contributed by atoms with E-state index in [1.54, 1.807) is 67.8 Å². The van der Waals surface area contributed by atoms with Crippen molar-refractivity contribution in [2.24, 2.45) is 23.7 Å². The van der Waals surface area contributed by atoms with Gasteiger partial charge in [-0.3, -0.25) is 29.5 Å². The van der Waals surface area contributed by atoms with Crippen molar-refractivity contribution in [3.63, 3.8) is 0 Å². The van der Waals surface area contributed by atoms with E-state index < -0.39 is 46.8 Å². The van der Waals surface area contributed by atoms with Crippen LogP contribution in [0.25, 0.3) is 0 Å². The minimum absolute atomic E-state index is 0.100. The zero-order chi connectivity index (χ0) is 37.9. The zero-order valence-electron chi connectivity index (χ0n) is 28.9. The van der Waals surface area contributed by atoms with E-state index in [2.05, 4.69) is 21.4 Å². The maximum absolute atomic E-state index is 15.4. The van der Waals surface area contributed by atoms with Gasteiger partial charge in [0.05, 0.1) is 53.3 Å². The summed E-state index contributed by atoms with van der Waals surface area (Å²) in [5.74, 6) is -4.13. The quantitative estimate of drug-likeness (QED) is 0.133. The van der Waals surface area contributed by atoms with Gasteiger partial charge in [-0.25, -0.2) is 0 Å². The van der Waals surface area contributed by atoms with Crippen LogP contribution in [0.4, 0.5) is 11.4 Å². The molecular formula is C41H34BrCl2N3O7. The van der Waals surface area contributed by atoms with Gasteiger partial charge < -0.3 is 14.6 Å². The van der Waals surface area contributed by atoms with Crippen LogP contribution in [0.5, 0.6) is 11.5 Å². The Balaban J connectivity index is 1.31. The molecule has 2 aliphatic carbocycles. The summed E-state index contributed by atoms with van der Waals surface area (Å²) >= 11 is 16.2. The summed E-state index contributed by atoms with van der Waals surface area (Å²) in [4.78, 5) is 60.2. The fourth-order valence-corrected chi connectivity index (χ4v) is 9.70. The molecule has 4 aromatic rings. The highest BCUT2D eigenvalue weighted by atomic mass is 79.9. The van der Waals surface area contributed by atoms with Gasteiger partial charge in [-0.1, -0.05) is 75.0 Å². The summed E-state index contributed by atoms with van der Waals surface area (Å²) in [5.41, 5.74) is 4.44. The lowest BCUT2D eigenvalue weighted by Gasteiger charge is -2.50. The summed E-state index contributed by atoms with van der Waals surface area (Å²) in [5, 5.41) is 11.0. The van der Waals surface area contributed by atoms with Crippen molar-refractivity contribution in [1.82, 2.24) is 5.01 Å². The number of carbonyl (C=O) groups excluding carboxylic acids is 4. The molecule has 276 valence electrons. The molecule has 2 N–H and O–H groups in total. The molecule has 2 aliphatic heterocycles. The zero-order valence-corrected chi connectivity index (χ0v) is 32.0. The normalized spacial score (nSPS) is 25.9. The summed E-state index contributed by atoms with van der Waals surface area (Å²) in [6, 6.07) is 26.2. The third kappa shape index (κ3) is 5.71. The lowest BCUT2D eigenvalue weighted by Crippen LogP contribution is -2.53. The number of aliphatic hydroxyl groups excluding tert-OH is 1. The van der Waals surface area contributed by atoms with Gasteiger partial charge in [0.25, 0.3) is 11.8 Å². The van der Waals surface area contributed by atoms with Crippen molar-refractivity contribution in [3.8, 4) is 11.5 Å². The number of methoxy groups -OCH3 is 1. The Bertz CT molecular complexity index is 2200. The predicted octanol–water partition coefficient (Wildman–Crippen LogP) is 7.33. The number of halogens is 3. The monoisotopic (exact) mass is 829 g/mol. The molecule has 4 amide bonds. The van der Waals surface area contributed by atoms with E-state index in [9.17, 15) is 19.5 Å². The summed E-state index contributed by atoms with van der Waals surface area (Å²) < 4.78 is 12.0. The van der Waals surface area contributed by atoms with Gasteiger partial charge in [0.1, 0.15) is 18.1 Å². The highest BCUT2D eigenvalue weighted by molar-refractivity contribution is 9.10. The van der Waals surface area contributed by atoms with Crippen molar-refractivity contribution >= 4 is 74.1 Å². The maximum Gasteiger partial charge on any atom is 0.260 e. The molecule has 8 rings (SSSR count). The molecule has 0 radical (unpaired) electrons. The minimum Gasteiger partial charge on any atom is -0.497 e. The Morgan fingerprint density at radius 2 is 1.57 bits per heavy atom. The van der Waals surface area contributed by atoms with Crippen LogP contribution in [0.15, 0.2) is 107 Å². The van der Waals surface area contributed by atoms with Crippen molar-refractivity contribution in [3.05, 3.63) is 128 Å². The lowest BCUT2D eigenvalue weighted by atomic mass is 9.49. The molecule has 6 unspecified atom stereocenters. The van der Waals surface area contributed by atoms with E-state index in [4.69, 9.17) is 32.7 Å². The number of ether oxygens (including phenoxy) is 2. The first-order valence-electron chi connectivity index (χ1n) is 17.5. The Hall–Kier alpha value is -4.68. The van der Waals surface area contributed by atoms with E-state index in [1.165, 1.54) is 11.0 Å². The van der Waals surface area contributed by atoms with Crippen LogP contribution in [-0.2, 0) is 24.6 Å². The molecule has 0 bridgehead atoms. The van der Waals surface area contributed by atoms with E-state index in [1.807, 2.05) is 30.3 Å². The number of amides is 4. The molecule has 4 aromatic carbocycles. The van der Waals surface area contributed by atoms with Crippen LogP contribution >= 0.6 is 39.1 Å². The number of carbonyl (C=O) groups is 4. The number of fused-ring (bicyclic) bond motifs is 4. The molecule has 2 saturated heterocycles. The second-order valence-corrected chi connectivity index (χ2v) is 15.6. The Morgan fingerprint density at radius 1 is 0.870 bits per heavy atom. The first-order chi connectivity index (χ1) is 26.1. The number of imide groups is 2. The first-order valence-corrected chi connectivity index (χ1v) is 19.0. The third-order valence-electron chi connectivity index (χ3n) is 11.2. The minimum atomic E-state index is -1.49. The van der Waals surface area contributed by atoms with Crippen LogP contribution in [0.1, 0.15) is 29.9 Å². The van der Waals surface area contributed by atoms with Crippen molar-refractivity contribution in [2.75, 3.05) is 30.6 Å². The van der Waals surface area contributed by atoms with Gasteiger partial charge in [0, 0.05) is 15.4 Å². The van der Waals surface area contributed by atoms with Crippen molar-refractivity contribution in [1.29, 1.82) is 0 Å². The van der Waals surface area contributed by atoms with Gasteiger partial charge in [-0.05, 0) is 96.6 Å². The van der Waals surface area contributed by atoms with E-state index in [0.29, 0.717) is 33.5 Å². The number of anilines is 2. The van der Waals surface area contributed by atoms with Gasteiger partial charge in [-0.15, -0.1) is 0 Å². The summed E-state index contributed by atoms with van der Waals surface area (Å²) in [7, 11) is 1.55. The molecule has 0 aromatic heterocycles. The number of benzene rings is 4. The molecule has 54 heavy (non-hydrogen) atoms. The van der Waals surface area contributed by atoms with E-state index >= 15 is 4.79 Å². The third-order valence-corrected chi connectivity index (χ3v) is 12.3. The smallest absolute Gasteiger partial charge is 0.260 e. The maximum atomic E-state index is 15.4. The second kappa shape index (κ2) is 14.2. The number of hydrogen-bond acceptors (Lipinski definition) is 8. The average molecular weight is 832 g/mol. The van der Waals surface area contributed by atoms with Gasteiger partial charge >= 0.3 is 0 Å². The van der Waals surface area contributed by atoms with Crippen LogP contribution in [-0.4, -0.2) is 54.1 Å². The second-order valence-electron chi connectivity index (χ2n) is 13.8. The molecule has 0 spiro atoms. The first kappa shape index (κ1) is 36.3. The molecule has 3 fully saturated rings. The number of hydrogen-bond donors (Lipinski definition) is 2. The Kier molecular flexibility index (Phi) is 9.54. The SMILES string of the molecule is COc1ccc(C23C(=O)N(Nc4ccc(Cl)cc4Cl)C(=O)C2CC2C(=CCC4C(=O)N(c5ccc(Br)cc5)C(=O)C42)C3c2ccc(OCCO)cc2)cc1. The topological polar surface area (TPSA) is 125 Å². The summed E-state index contributed by atoms with van der Waals surface area (Å²) in [6.07, 6.45) is 2.43. The van der Waals surface area contributed by atoms with E-state index in [0.717, 1.165) is 20.6 Å². The van der Waals surface area contributed by atoms with E-state index in [-0.39, 0.29) is 42.9 Å². The fraction of sp³-hybridized carbons (Fsp3) is 0.268. The predicted molar refractivity (Wildman–Crippen MR) is 206 cm³/mol. The highest BCUT2D eigenvalue weighted by Gasteiger charge is 2.70. The number of nitrogens with one attached hydrogen (secondary N) is 1. The molecule has 13 heteroatoms. The number of rotatable bonds is 9. The van der Waals surface area contributed by atoms with Crippen LogP contribution in [0.2, 0.25) is 10.0 Å². The van der Waals surface area contributed by atoms with Gasteiger partial charge in [-0.2, -0.15) is 5.01 Å². The van der Waals surface area contributed by atoms with Gasteiger partial charge in [0.2, 0.25) is 11.8 Å². The molecule has 2 heterocycles. The van der Waals surface area contributed by atoms with Crippen LogP contribution in [0, 0.1) is 23.7 Å². The standard InChI is InChI=1S/C41H34BrCl2N3O7/c1-53-27-13-4-23(5-14-27)41-32(38(50)47(40(41)52)45-34-17-8-25(43)20-33(34)44)21-31-29(36(41)22-2-11-28(12-3-22)54-19-18-48)15-16-30-35(31)39(51)46(37(30)49)26-9-6-24(42)7-10-26/h2-15,17,20,30-32,35-36,45,48H,16,18-19,21H2,1H3. The molecule has 1 saturated carbocycles. The molecular weight excluding hydrogens is 797 g/mol.